The van der Waals surface area contributed by atoms with Crippen molar-refractivity contribution in [3.05, 3.63) is 35.4 Å². The Hall–Kier alpha value is -2.57. The molecule has 1 atom stereocenters. The quantitative estimate of drug-likeness (QED) is 0.833. The van der Waals surface area contributed by atoms with Crippen LogP contribution in [0.15, 0.2) is 18.2 Å². The molecule has 0 radical (unpaired) electrons. The smallest absolute Gasteiger partial charge is 0.246 e. The summed E-state index contributed by atoms with van der Waals surface area (Å²) in [5.41, 5.74) is 1.10. The van der Waals surface area contributed by atoms with Crippen LogP contribution in [0.1, 0.15) is 43.0 Å². The fourth-order valence-corrected chi connectivity index (χ4v) is 3.33. The van der Waals surface area contributed by atoms with E-state index in [9.17, 15) is 4.79 Å². The first-order valence-corrected chi connectivity index (χ1v) is 8.59. The van der Waals surface area contributed by atoms with Gasteiger partial charge in [-0.1, -0.05) is 6.07 Å². The number of carbonyl (C=O) groups excluding carboxylic acids is 1. The third-order valence-electron chi connectivity index (χ3n) is 4.84. The van der Waals surface area contributed by atoms with Gasteiger partial charge in [-0.25, -0.2) is 0 Å². The molecular formula is C18H22N4O3. The van der Waals surface area contributed by atoms with E-state index >= 15 is 0 Å². The minimum atomic E-state index is -0.294. The normalized spacial score (nSPS) is 19.7. The van der Waals surface area contributed by atoms with E-state index in [2.05, 4.69) is 10.2 Å². The van der Waals surface area contributed by atoms with Crippen LogP contribution in [0.4, 0.5) is 0 Å². The van der Waals surface area contributed by atoms with E-state index in [1.807, 2.05) is 41.5 Å². The summed E-state index contributed by atoms with van der Waals surface area (Å²) in [6.07, 6.45) is 2.19. The summed E-state index contributed by atoms with van der Waals surface area (Å²) in [5, 5.41) is 8.53. The molecule has 7 nitrogen and oxygen atoms in total. The molecule has 2 heterocycles. The Morgan fingerprint density at radius 1 is 1.24 bits per heavy atom. The number of amides is 1. The zero-order valence-corrected chi connectivity index (χ0v) is 14.7. The Balaban J connectivity index is 1.55. The SMILES string of the molecule is COc1cc(C)ccc1OCc1nnc2n1C(C)C(=O)N(C1CC1)C2. The van der Waals surface area contributed by atoms with Gasteiger partial charge in [0.1, 0.15) is 12.6 Å². The van der Waals surface area contributed by atoms with Gasteiger partial charge in [-0.05, 0) is 44.4 Å². The van der Waals surface area contributed by atoms with Crippen molar-refractivity contribution >= 4 is 5.91 Å². The van der Waals surface area contributed by atoms with Gasteiger partial charge in [0.15, 0.2) is 23.1 Å². The third kappa shape index (κ3) is 2.83. The zero-order valence-electron chi connectivity index (χ0n) is 14.7. The summed E-state index contributed by atoms with van der Waals surface area (Å²) in [7, 11) is 1.62. The van der Waals surface area contributed by atoms with Gasteiger partial charge in [0.2, 0.25) is 5.91 Å². The van der Waals surface area contributed by atoms with Gasteiger partial charge >= 0.3 is 0 Å². The number of benzene rings is 1. The lowest BCUT2D eigenvalue weighted by Crippen LogP contribution is -2.43. The maximum atomic E-state index is 12.6. The van der Waals surface area contributed by atoms with Gasteiger partial charge in [0, 0.05) is 6.04 Å². The number of methoxy groups -OCH3 is 1. The summed E-state index contributed by atoms with van der Waals surface area (Å²) in [4.78, 5) is 14.6. The minimum absolute atomic E-state index is 0.143. The van der Waals surface area contributed by atoms with Crippen molar-refractivity contribution < 1.29 is 14.3 Å². The molecule has 1 aromatic carbocycles. The van der Waals surface area contributed by atoms with E-state index in [0.717, 1.165) is 24.2 Å². The number of rotatable bonds is 5. The fraction of sp³-hybridized carbons (Fsp3) is 0.500. The molecule has 1 fully saturated rings. The van der Waals surface area contributed by atoms with Gasteiger partial charge in [0.05, 0.1) is 13.7 Å². The van der Waals surface area contributed by atoms with E-state index in [1.54, 1.807) is 7.11 Å². The van der Waals surface area contributed by atoms with Crippen LogP contribution >= 0.6 is 0 Å². The lowest BCUT2D eigenvalue weighted by molar-refractivity contribution is -0.137. The first-order valence-electron chi connectivity index (χ1n) is 8.59. The van der Waals surface area contributed by atoms with Crippen molar-refractivity contribution in [2.45, 2.75) is 51.9 Å². The van der Waals surface area contributed by atoms with Gasteiger partial charge in [-0.3, -0.25) is 9.36 Å². The van der Waals surface area contributed by atoms with E-state index < -0.39 is 0 Å². The molecule has 0 N–H and O–H groups in total. The van der Waals surface area contributed by atoms with Crippen LogP contribution < -0.4 is 9.47 Å². The van der Waals surface area contributed by atoms with Crippen LogP contribution in [-0.2, 0) is 17.9 Å². The Morgan fingerprint density at radius 2 is 2.04 bits per heavy atom. The number of nitrogens with zero attached hydrogens (tertiary/aromatic N) is 4. The topological polar surface area (TPSA) is 69.5 Å². The molecule has 7 heteroatoms. The molecule has 2 aromatic rings. The molecule has 1 amide bonds. The third-order valence-corrected chi connectivity index (χ3v) is 4.84. The van der Waals surface area contributed by atoms with E-state index in [0.29, 0.717) is 29.9 Å². The molecule has 1 aliphatic heterocycles. The highest BCUT2D eigenvalue weighted by Crippen LogP contribution is 2.34. The lowest BCUT2D eigenvalue weighted by Gasteiger charge is -2.32. The number of fused-ring (bicyclic) bond motifs is 1. The van der Waals surface area contributed by atoms with Crippen molar-refractivity contribution in [3.63, 3.8) is 0 Å². The van der Waals surface area contributed by atoms with Crippen LogP contribution in [-0.4, -0.2) is 38.7 Å². The largest absolute Gasteiger partial charge is 0.493 e. The molecule has 1 aromatic heterocycles. The van der Waals surface area contributed by atoms with Crippen LogP contribution in [0, 0.1) is 6.92 Å². The van der Waals surface area contributed by atoms with E-state index in [1.165, 1.54) is 0 Å². The zero-order chi connectivity index (χ0) is 17.6. The van der Waals surface area contributed by atoms with E-state index in [4.69, 9.17) is 9.47 Å². The number of hydrogen-bond acceptors (Lipinski definition) is 5. The predicted molar refractivity (Wildman–Crippen MR) is 90.4 cm³/mol. The average molecular weight is 342 g/mol. The van der Waals surface area contributed by atoms with Crippen molar-refractivity contribution in [1.82, 2.24) is 19.7 Å². The number of hydrogen-bond donors (Lipinski definition) is 0. The standard InChI is InChI=1S/C18H22N4O3/c1-11-4-7-14(15(8-11)24-3)25-10-17-20-19-16-9-21(13-5-6-13)18(23)12(2)22(16)17/h4,7-8,12-13H,5-6,9-10H2,1-3H3. The van der Waals surface area contributed by atoms with Crippen molar-refractivity contribution in [1.29, 1.82) is 0 Å². The number of carbonyl (C=O) groups is 1. The summed E-state index contributed by atoms with van der Waals surface area (Å²) >= 11 is 0. The highest BCUT2D eigenvalue weighted by atomic mass is 16.5. The van der Waals surface area contributed by atoms with Crippen molar-refractivity contribution in [2.75, 3.05) is 7.11 Å². The number of aryl methyl sites for hydroxylation is 1. The first kappa shape index (κ1) is 15.9. The fourth-order valence-electron chi connectivity index (χ4n) is 3.33. The molecule has 0 spiro atoms. The summed E-state index contributed by atoms with van der Waals surface area (Å²) in [6, 6.07) is 5.87. The second-order valence-corrected chi connectivity index (χ2v) is 6.72. The molecular weight excluding hydrogens is 320 g/mol. The molecule has 1 unspecified atom stereocenters. The molecule has 25 heavy (non-hydrogen) atoms. The van der Waals surface area contributed by atoms with Crippen LogP contribution in [0.5, 0.6) is 11.5 Å². The maximum Gasteiger partial charge on any atom is 0.246 e. The van der Waals surface area contributed by atoms with Crippen molar-refractivity contribution in [2.24, 2.45) is 0 Å². The average Bonchev–Trinajstić information content (AvgIpc) is 3.37. The Morgan fingerprint density at radius 3 is 2.76 bits per heavy atom. The molecule has 1 aliphatic carbocycles. The Kier molecular flexibility index (Phi) is 3.86. The molecule has 1 saturated carbocycles. The van der Waals surface area contributed by atoms with Gasteiger partial charge in [0.25, 0.3) is 0 Å². The highest BCUT2D eigenvalue weighted by Gasteiger charge is 2.40. The lowest BCUT2D eigenvalue weighted by atomic mass is 10.2. The molecule has 132 valence electrons. The minimum Gasteiger partial charge on any atom is -0.493 e. The van der Waals surface area contributed by atoms with Crippen LogP contribution in [0.2, 0.25) is 0 Å². The van der Waals surface area contributed by atoms with Crippen LogP contribution in [0.3, 0.4) is 0 Å². The summed E-state index contributed by atoms with van der Waals surface area (Å²) < 4.78 is 13.2. The summed E-state index contributed by atoms with van der Waals surface area (Å²) in [6.45, 7) is 4.68. The Labute approximate surface area is 146 Å². The molecule has 0 bridgehead atoms. The van der Waals surface area contributed by atoms with Gasteiger partial charge < -0.3 is 14.4 Å². The van der Waals surface area contributed by atoms with Gasteiger partial charge in [-0.15, -0.1) is 10.2 Å². The van der Waals surface area contributed by atoms with E-state index in [-0.39, 0.29) is 18.6 Å². The number of aromatic nitrogens is 3. The molecule has 2 aliphatic rings. The number of ether oxygens (including phenoxy) is 2. The second-order valence-electron chi connectivity index (χ2n) is 6.72. The van der Waals surface area contributed by atoms with Crippen LogP contribution in [0.25, 0.3) is 0 Å². The summed E-state index contributed by atoms with van der Waals surface area (Å²) in [5.74, 6) is 2.97. The molecule has 4 rings (SSSR count). The molecule has 0 saturated heterocycles. The second kappa shape index (κ2) is 6.06. The predicted octanol–water partition coefficient (Wildman–Crippen LogP) is 2.24. The highest BCUT2D eigenvalue weighted by molar-refractivity contribution is 5.81. The van der Waals surface area contributed by atoms with Crippen molar-refractivity contribution in [3.8, 4) is 11.5 Å². The monoisotopic (exact) mass is 342 g/mol. The van der Waals surface area contributed by atoms with Gasteiger partial charge in [-0.2, -0.15) is 0 Å². The Bertz CT molecular complexity index is 813. The maximum absolute atomic E-state index is 12.6. The first-order chi connectivity index (χ1) is 12.1.